The van der Waals surface area contributed by atoms with E-state index in [2.05, 4.69) is 0 Å². The van der Waals surface area contributed by atoms with E-state index in [0.717, 1.165) is 13.0 Å². The van der Waals surface area contributed by atoms with Crippen LogP contribution in [0.4, 0.5) is 13.2 Å². The van der Waals surface area contributed by atoms with Crippen LogP contribution in [0.25, 0.3) is 0 Å². The molecule has 0 amide bonds. The third kappa shape index (κ3) is 10.5. The summed E-state index contributed by atoms with van der Waals surface area (Å²) in [5.74, 6) is 0.0800. The molecule has 14 heavy (non-hydrogen) atoms. The highest BCUT2D eigenvalue weighted by molar-refractivity contribution is 8.00. The van der Waals surface area contributed by atoms with Crippen LogP contribution in [0.1, 0.15) is 13.3 Å². The predicted molar refractivity (Wildman–Crippen MR) is 55.9 cm³/mol. The molecule has 1 unspecified atom stereocenters. The number of alkyl halides is 4. The Labute approximate surface area is 92.0 Å². The molecule has 1 atom stereocenters. The Bertz CT molecular complexity index is 152. The quantitative estimate of drug-likeness (QED) is 0.665. The molecule has 0 saturated heterocycles. The van der Waals surface area contributed by atoms with Gasteiger partial charge < -0.3 is 4.90 Å². The number of hydrogen-bond donors (Lipinski definition) is 0. The maximum absolute atomic E-state index is 11.7. The largest absolute Gasteiger partial charge is 0.441 e. The van der Waals surface area contributed by atoms with Crippen LogP contribution in [-0.4, -0.2) is 41.7 Å². The fourth-order valence-corrected chi connectivity index (χ4v) is 1.56. The Balaban J connectivity index is 3.40. The number of thioether (sulfide) groups is 1. The van der Waals surface area contributed by atoms with E-state index in [1.54, 1.807) is 7.05 Å². The van der Waals surface area contributed by atoms with Gasteiger partial charge >= 0.3 is 5.51 Å². The minimum Gasteiger partial charge on any atom is -0.305 e. The van der Waals surface area contributed by atoms with E-state index in [1.165, 1.54) is 0 Å². The summed E-state index contributed by atoms with van der Waals surface area (Å²) in [5.41, 5.74) is -4.11. The fraction of sp³-hybridized carbons (Fsp3) is 1.00. The van der Waals surface area contributed by atoms with Gasteiger partial charge in [0, 0.05) is 17.7 Å². The Morgan fingerprint density at radius 1 is 1.36 bits per heavy atom. The van der Waals surface area contributed by atoms with Crippen LogP contribution >= 0.6 is 23.4 Å². The van der Waals surface area contributed by atoms with E-state index in [0.29, 0.717) is 6.54 Å². The van der Waals surface area contributed by atoms with Crippen molar-refractivity contribution in [2.75, 3.05) is 25.9 Å². The van der Waals surface area contributed by atoms with Crippen LogP contribution in [0.3, 0.4) is 0 Å². The second kappa shape index (κ2) is 6.80. The second-order valence-corrected chi connectivity index (χ2v) is 5.07. The van der Waals surface area contributed by atoms with Crippen molar-refractivity contribution in [3.05, 3.63) is 0 Å². The number of rotatable bonds is 6. The van der Waals surface area contributed by atoms with Crippen LogP contribution in [0.15, 0.2) is 0 Å². The number of halogens is 4. The monoisotopic (exact) mass is 249 g/mol. The van der Waals surface area contributed by atoms with Gasteiger partial charge in [0.25, 0.3) is 0 Å². The molecule has 0 aromatic heterocycles. The predicted octanol–water partition coefficient (Wildman–Crippen LogP) is 3.19. The van der Waals surface area contributed by atoms with E-state index < -0.39 is 5.51 Å². The minimum atomic E-state index is -4.11. The molecule has 0 aliphatic heterocycles. The molecular weight excluding hydrogens is 235 g/mol. The summed E-state index contributed by atoms with van der Waals surface area (Å²) >= 11 is 5.74. The van der Waals surface area contributed by atoms with Crippen LogP contribution in [-0.2, 0) is 0 Å². The van der Waals surface area contributed by atoms with Gasteiger partial charge in [-0.3, -0.25) is 0 Å². The average Bonchev–Trinajstić information content (AvgIpc) is 1.98. The third-order valence-electron chi connectivity index (χ3n) is 1.65. The van der Waals surface area contributed by atoms with Gasteiger partial charge in [-0.2, -0.15) is 13.2 Å². The highest BCUT2D eigenvalue weighted by Crippen LogP contribution is 2.29. The Morgan fingerprint density at radius 2 is 1.93 bits per heavy atom. The van der Waals surface area contributed by atoms with E-state index >= 15 is 0 Å². The summed E-state index contributed by atoms with van der Waals surface area (Å²) in [6.45, 7) is 3.05. The number of nitrogens with zero attached hydrogens (tertiary/aromatic N) is 1. The summed E-state index contributed by atoms with van der Waals surface area (Å²) in [6.07, 6.45) is 0.800. The SMILES string of the molecule is CC(Cl)CCN(C)CCSC(F)(F)F. The zero-order valence-corrected chi connectivity index (χ0v) is 9.85. The highest BCUT2D eigenvalue weighted by atomic mass is 35.5. The van der Waals surface area contributed by atoms with Crippen LogP contribution < -0.4 is 0 Å². The minimum absolute atomic E-state index is 0.0215. The third-order valence-corrected chi connectivity index (χ3v) is 2.58. The Morgan fingerprint density at radius 3 is 2.36 bits per heavy atom. The standard InChI is InChI=1S/C8H15ClF3NS/c1-7(9)3-4-13(2)5-6-14-8(10,11)12/h7H,3-6H2,1-2H3. The topological polar surface area (TPSA) is 3.24 Å². The molecule has 86 valence electrons. The first-order valence-electron chi connectivity index (χ1n) is 4.34. The molecule has 0 N–H and O–H groups in total. The molecule has 0 aromatic rings. The van der Waals surface area contributed by atoms with Gasteiger partial charge in [0.15, 0.2) is 0 Å². The van der Waals surface area contributed by atoms with Crippen LogP contribution in [0.2, 0.25) is 0 Å². The number of hydrogen-bond acceptors (Lipinski definition) is 2. The van der Waals surface area contributed by atoms with Crippen molar-refractivity contribution >= 4 is 23.4 Å². The molecule has 0 bridgehead atoms. The van der Waals surface area contributed by atoms with Crippen molar-refractivity contribution in [2.24, 2.45) is 0 Å². The zero-order valence-electron chi connectivity index (χ0n) is 8.27. The first-order chi connectivity index (χ1) is 6.31. The van der Waals surface area contributed by atoms with Gasteiger partial charge in [0.05, 0.1) is 0 Å². The van der Waals surface area contributed by atoms with Gasteiger partial charge in [0.1, 0.15) is 0 Å². The van der Waals surface area contributed by atoms with Gasteiger partial charge in [-0.25, -0.2) is 0 Å². The van der Waals surface area contributed by atoms with E-state index in [9.17, 15) is 13.2 Å². The normalized spacial score (nSPS) is 14.8. The molecule has 0 spiro atoms. The van der Waals surface area contributed by atoms with Crippen molar-refractivity contribution in [3.63, 3.8) is 0 Å². The van der Waals surface area contributed by atoms with Crippen molar-refractivity contribution < 1.29 is 13.2 Å². The lowest BCUT2D eigenvalue weighted by atomic mass is 10.3. The van der Waals surface area contributed by atoms with Crippen LogP contribution in [0, 0.1) is 0 Å². The Hall–Kier alpha value is 0.390. The summed E-state index contributed by atoms with van der Waals surface area (Å²) in [4.78, 5) is 1.86. The summed E-state index contributed by atoms with van der Waals surface area (Å²) in [5, 5.41) is 0.0766. The van der Waals surface area contributed by atoms with E-state index in [1.807, 2.05) is 11.8 Å². The molecule has 6 heteroatoms. The molecule has 0 fully saturated rings. The molecule has 0 heterocycles. The molecule has 0 rings (SSSR count). The maximum atomic E-state index is 11.7. The first-order valence-corrected chi connectivity index (χ1v) is 5.77. The highest BCUT2D eigenvalue weighted by Gasteiger charge is 2.27. The summed E-state index contributed by atoms with van der Waals surface area (Å²) in [6, 6.07) is 0. The summed E-state index contributed by atoms with van der Waals surface area (Å²) in [7, 11) is 1.80. The molecule has 0 aromatic carbocycles. The molecule has 0 saturated carbocycles. The van der Waals surface area contributed by atoms with Gasteiger partial charge in [-0.15, -0.1) is 11.6 Å². The van der Waals surface area contributed by atoms with E-state index in [4.69, 9.17) is 11.6 Å². The lowest BCUT2D eigenvalue weighted by molar-refractivity contribution is -0.0328. The molecule has 1 nitrogen and oxygen atoms in total. The van der Waals surface area contributed by atoms with Gasteiger partial charge in [0.2, 0.25) is 0 Å². The van der Waals surface area contributed by atoms with Crippen molar-refractivity contribution in [1.82, 2.24) is 4.90 Å². The summed E-state index contributed by atoms with van der Waals surface area (Å²) < 4.78 is 35.2. The lowest BCUT2D eigenvalue weighted by Crippen LogP contribution is -2.24. The zero-order chi connectivity index (χ0) is 11.2. The van der Waals surface area contributed by atoms with Crippen LogP contribution in [0.5, 0.6) is 0 Å². The van der Waals surface area contributed by atoms with Gasteiger partial charge in [-0.1, -0.05) is 0 Å². The van der Waals surface area contributed by atoms with Crippen molar-refractivity contribution in [1.29, 1.82) is 0 Å². The molecule has 0 radical (unpaired) electrons. The maximum Gasteiger partial charge on any atom is 0.441 e. The average molecular weight is 250 g/mol. The smallest absolute Gasteiger partial charge is 0.305 e. The van der Waals surface area contributed by atoms with E-state index in [-0.39, 0.29) is 22.9 Å². The molecule has 0 aliphatic rings. The van der Waals surface area contributed by atoms with Crippen molar-refractivity contribution in [2.45, 2.75) is 24.2 Å². The van der Waals surface area contributed by atoms with Gasteiger partial charge in [-0.05, 0) is 38.7 Å². The first kappa shape index (κ1) is 14.4. The van der Waals surface area contributed by atoms with Crippen molar-refractivity contribution in [3.8, 4) is 0 Å². The molecule has 0 aliphatic carbocycles. The molecular formula is C8H15ClF3NS. The Kier molecular flexibility index (Phi) is 6.99. The lowest BCUT2D eigenvalue weighted by Gasteiger charge is -2.17. The second-order valence-electron chi connectivity index (χ2n) is 3.17. The fourth-order valence-electron chi connectivity index (χ4n) is 0.827.